The van der Waals surface area contributed by atoms with Gasteiger partial charge in [-0.3, -0.25) is 14.5 Å². The molecule has 2 N–H and O–H groups in total. The molecule has 1 fully saturated rings. The van der Waals surface area contributed by atoms with Crippen molar-refractivity contribution in [3.63, 3.8) is 0 Å². The second-order valence-corrected chi connectivity index (χ2v) is 4.50. The predicted molar refractivity (Wildman–Crippen MR) is 65.9 cm³/mol. The fraction of sp³-hybridized carbons (Fsp3) is 0.385. The number of nitrogens with zero attached hydrogens (tertiary/aromatic N) is 1. The fourth-order valence-corrected chi connectivity index (χ4v) is 2.16. The number of aliphatic carboxylic acids is 1. The lowest BCUT2D eigenvalue weighted by atomic mass is 10.1. The fourth-order valence-electron chi connectivity index (χ4n) is 2.16. The lowest BCUT2D eigenvalue weighted by molar-refractivity contribution is -0.143. The summed E-state index contributed by atoms with van der Waals surface area (Å²) in [5.41, 5.74) is 0.853. The van der Waals surface area contributed by atoms with Crippen LogP contribution in [-0.2, 0) is 16.1 Å². The first-order valence-corrected chi connectivity index (χ1v) is 6.04. The van der Waals surface area contributed by atoms with Crippen molar-refractivity contribution in [1.29, 1.82) is 0 Å². The van der Waals surface area contributed by atoms with Crippen LogP contribution >= 0.6 is 0 Å². The maximum Gasteiger partial charge on any atom is 0.305 e. The highest BCUT2D eigenvalue weighted by Crippen LogP contribution is 2.14. The number of amides is 1. The molecule has 1 amide bonds. The summed E-state index contributed by atoms with van der Waals surface area (Å²) in [5.74, 6) is -1.59. The van der Waals surface area contributed by atoms with Crippen LogP contribution in [-0.4, -0.2) is 41.0 Å². The molecule has 1 aliphatic rings. The second-order valence-electron chi connectivity index (χ2n) is 4.50. The average molecular weight is 266 g/mol. The minimum atomic E-state index is -1.01. The van der Waals surface area contributed by atoms with Gasteiger partial charge in [0.1, 0.15) is 11.9 Å². The average Bonchev–Trinajstić information content (AvgIpc) is 2.36. The third-order valence-electron chi connectivity index (χ3n) is 3.11. The van der Waals surface area contributed by atoms with Crippen LogP contribution in [0.3, 0.4) is 0 Å². The maximum absolute atomic E-state index is 12.8. The number of carboxylic acid groups (broad SMARTS) is 1. The lowest BCUT2D eigenvalue weighted by Gasteiger charge is -2.34. The summed E-state index contributed by atoms with van der Waals surface area (Å²) in [6.45, 7) is 1.52. The molecule has 19 heavy (non-hydrogen) atoms. The molecule has 102 valence electrons. The van der Waals surface area contributed by atoms with Gasteiger partial charge in [-0.2, -0.15) is 0 Å². The summed E-state index contributed by atoms with van der Waals surface area (Å²) in [6.07, 6.45) is -0.229. The Morgan fingerprint density at radius 2 is 2.11 bits per heavy atom. The summed E-state index contributed by atoms with van der Waals surface area (Å²) >= 11 is 0. The Morgan fingerprint density at radius 1 is 1.42 bits per heavy atom. The van der Waals surface area contributed by atoms with Gasteiger partial charge in [0.25, 0.3) is 0 Å². The van der Waals surface area contributed by atoms with E-state index in [0.717, 1.165) is 5.56 Å². The van der Waals surface area contributed by atoms with Crippen LogP contribution in [0.15, 0.2) is 24.3 Å². The standard InChI is InChI=1S/C13H15FN2O3/c14-10-3-1-9(2-4-10)8-16-6-5-15-13(19)11(16)7-12(17)18/h1-4,11H,5-8H2,(H,15,19)(H,17,18). The highest BCUT2D eigenvalue weighted by Gasteiger charge is 2.31. The van der Waals surface area contributed by atoms with E-state index in [9.17, 15) is 14.0 Å². The van der Waals surface area contributed by atoms with E-state index >= 15 is 0 Å². The van der Waals surface area contributed by atoms with E-state index in [0.29, 0.717) is 19.6 Å². The van der Waals surface area contributed by atoms with Crippen molar-refractivity contribution in [2.75, 3.05) is 13.1 Å². The van der Waals surface area contributed by atoms with Crippen molar-refractivity contribution >= 4 is 11.9 Å². The van der Waals surface area contributed by atoms with Crippen LogP contribution in [0.5, 0.6) is 0 Å². The monoisotopic (exact) mass is 266 g/mol. The van der Waals surface area contributed by atoms with Gasteiger partial charge in [0.05, 0.1) is 6.42 Å². The number of rotatable bonds is 4. The number of hydrogen-bond acceptors (Lipinski definition) is 3. The first kappa shape index (κ1) is 13.5. The number of carbonyl (C=O) groups is 2. The molecular formula is C13H15FN2O3. The van der Waals surface area contributed by atoms with Gasteiger partial charge >= 0.3 is 5.97 Å². The Labute approximate surface area is 110 Å². The molecule has 0 spiro atoms. The minimum absolute atomic E-state index is 0.229. The zero-order chi connectivity index (χ0) is 13.8. The molecule has 0 aromatic heterocycles. The number of carbonyl (C=O) groups excluding carboxylic acids is 1. The van der Waals surface area contributed by atoms with Gasteiger partial charge in [0, 0.05) is 19.6 Å². The number of piperazine rings is 1. The molecule has 1 heterocycles. The number of hydrogen-bond donors (Lipinski definition) is 2. The molecule has 0 saturated carbocycles. The zero-order valence-electron chi connectivity index (χ0n) is 10.3. The Bertz CT molecular complexity index is 475. The molecule has 1 atom stereocenters. The van der Waals surface area contributed by atoms with E-state index < -0.39 is 12.0 Å². The zero-order valence-corrected chi connectivity index (χ0v) is 10.3. The van der Waals surface area contributed by atoms with Crippen LogP contribution in [0.2, 0.25) is 0 Å². The van der Waals surface area contributed by atoms with E-state index in [2.05, 4.69) is 5.32 Å². The van der Waals surface area contributed by atoms with E-state index in [-0.39, 0.29) is 18.1 Å². The van der Waals surface area contributed by atoms with Crippen LogP contribution < -0.4 is 5.32 Å². The lowest BCUT2D eigenvalue weighted by Crippen LogP contribution is -2.55. The Balaban J connectivity index is 2.09. The molecule has 1 aromatic rings. The molecule has 6 heteroatoms. The second kappa shape index (κ2) is 5.79. The molecule has 1 unspecified atom stereocenters. The maximum atomic E-state index is 12.8. The summed E-state index contributed by atoms with van der Waals surface area (Å²) in [7, 11) is 0. The Kier molecular flexibility index (Phi) is 4.11. The molecule has 2 rings (SSSR count). The predicted octanol–water partition coefficient (Wildman–Crippen LogP) is 0.601. The van der Waals surface area contributed by atoms with Crippen molar-refractivity contribution in [1.82, 2.24) is 10.2 Å². The highest BCUT2D eigenvalue weighted by atomic mass is 19.1. The number of halogens is 1. The SMILES string of the molecule is O=C(O)CC1C(=O)NCCN1Cc1ccc(F)cc1. The molecule has 1 saturated heterocycles. The van der Waals surface area contributed by atoms with Gasteiger partial charge in [-0.05, 0) is 17.7 Å². The van der Waals surface area contributed by atoms with Gasteiger partial charge < -0.3 is 10.4 Å². The summed E-state index contributed by atoms with van der Waals surface area (Å²) < 4.78 is 12.8. The topological polar surface area (TPSA) is 69.6 Å². The van der Waals surface area contributed by atoms with Gasteiger partial charge in [0.2, 0.25) is 5.91 Å². The molecular weight excluding hydrogens is 251 g/mol. The van der Waals surface area contributed by atoms with Crippen molar-refractivity contribution in [2.45, 2.75) is 19.0 Å². The molecule has 1 aromatic carbocycles. The van der Waals surface area contributed by atoms with E-state index in [1.165, 1.54) is 12.1 Å². The third kappa shape index (κ3) is 3.51. The van der Waals surface area contributed by atoms with E-state index in [4.69, 9.17) is 5.11 Å². The van der Waals surface area contributed by atoms with E-state index in [1.807, 2.05) is 0 Å². The molecule has 0 aliphatic carbocycles. The van der Waals surface area contributed by atoms with Gasteiger partial charge in [0.15, 0.2) is 0 Å². The smallest absolute Gasteiger partial charge is 0.305 e. The van der Waals surface area contributed by atoms with E-state index in [1.54, 1.807) is 17.0 Å². The van der Waals surface area contributed by atoms with Crippen LogP contribution in [0.4, 0.5) is 4.39 Å². The normalized spacial score (nSPS) is 20.1. The third-order valence-corrected chi connectivity index (χ3v) is 3.11. The molecule has 5 nitrogen and oxygen atoms in total. The first-order valence-electron chi connectivity index (χ1n) is 6.04. The minimum Gasteiger partial charge on any atom is -0.481 e. The molecule has 1 aliphatic heterocycles. The number of benzene rings is 1. The Morgan fingerprint density at radius 3 is 2.74 bits per heavy atom. The molecule has 0 bridgehead atoms. The summed E-state index contributed by atoms with van der Waals surface area (Å²) in [5, 5.41) is 11.5. The summed E-state index contributed by atoms with van der Waals surface area (Å²) in [6, 6.07) is 5.31. The largest absolute Gasteiger partial charge is 0.481 e. The van der Waals surface area contributed by atoms with Crippen LogP contribution in [0.1, 0.15) is 12.0 Å². The Hall–Kier alpha value is -1.95. The number of nitrogens with one attached hydrogen (secondary N) is 1. The van der Waals surface area contributed by atoms with Gasteiger partial charge in [-0.1, -0.05) is 12.1 Å². The van der Waals surface area contributed by atoms with Crippen LogP contribution in [0.25, 0.3) is 0 Å². The van der Waals surface area contributed by atoms with Crippen LogP contribution in [0, 0.1) is 5.82 Å². The van der Waals surface area contributed by atoms with Crippen molar-refractivity contribution in [2.24, 2.45) is 0 Å². The first-order chi connectivity index (χ1) is 9.06. The number of carboxylic acids is 1. The van der Waals surface area contributed by atoms with Crippen molar-refractivity contribution < 1.29 is 19.1 Å². The highest BCUT2D eigenvalue weighted by molar-refractivity contribution is 5.86. The molecule has 0 radical (unpaired) electrons. The quantitative estimate of drug-likeness (QED) is 0.837. The van der Waals surface area contributed by atoms with Crippen molar-refractivity contribution in [3.8, 4) is 0 Å². The van der Waals surface area contributed by atoms with Gasteiger partial charge in [-0.15, -0.1) is 0 Å². The van der Waals surface area contributed by atoms with Crippen molar-refractivity contribution in [3.05, 3.63) is 35.6 Å². The van der Waals surface area contributed by atoms with Gasteiger partial charge in [-0.25, -0.2) is 4.39 Å². The summed E-state index contributed by atoms with van der Waals surface area (Å²) in [4.78, 5) is 24.3.